The molecule has 1 nitrogen and oxygen atoms in total. The molecule has 0 aliphatic carbocycles. The van der Waals surface area contributed by atoms with Crippen molar-refractivity contribution in [1.29, 1.82) is 0 Å². The van der Waals surface area contributed by atoms with Gasteiger partial charge in [0.05, 0.1) is 0 Å². The van der Waals surface area contributed by atoms with Crippen molar-refractivity contribution >= 4 is 11.8 Å². The summed E-state index contributed by atoms with van der Waals surface area (Å²) in [7, 11) is 0. The lowest BCUT2D eigenvalue weighted by Crippen LogP contribution is -2.21. The van der Waals surface area contributed by atoms with Gasteiger partial charge in [-0.2, -0.15) is 0 Å². The van der Waals surface area contributed by atoms with E-state index in [0.29, 0.717) is 0 Å². The number of thioether (sulfide) groups is 1. The Kier molecular flexibility index (Phi) is 3.14. The number of nitrogens with two attached hydrogens (primary N) is 1. The number of hydrogen-bond acceptors (Lipinski definition) is 2. The molecule has 2 unspecified atom stereocenters. The summed E-state index contributed by atoms with van der Waals surface area (Å²) in [5, 5.41) is 0.727. The molecule has 2 rings (SSSR count). The van der Waals surface area contributed by atoms with E-state index < -0.39 is 0 Å². The maximum atomic E-state index is 6.15. The van der Waals surface area contributed by atoms with Crippen LogP contribution in [0, 0.1) is 0 Å². The second kappa shape index (κ2) is 4.37. The van der Waals surface area contributed by atoms with Crippen LogP contribution in [0.5, 0.6) is 0 Å². The monoisotopic (exact) mass is 207 g/mol. The van der Waals surface area contributed by atoms with Gasteiger partial charge >= 0.3 is 0 Å². The fourth-order valence-corrected chi connectivity index (χ4v) is 3.56. The number of benzene rings is 1. The first-order valence-electron chi connectivity index (χ1n) is 5.32. The van der Waals surface area contributed by atoms with E-state index in [1.807, 2.05) is 11.8 Å². The van der Waals surface area contributed by atoms with Crippen LogP contribution in [0.15, 0.2) is 29.2 Å². The summed E-state index contributed by atoms with van der Waals surface area (Å²) in [5.74, 6) is 0. The van der Waals surface area contributed by atoms with Gasteiger partial charge in [0.1, 0.15) is 0 Å². The van der Waals surface area contributed by atoms with Crippen LogP contribution in [0.25, 0.3) is 0 Å². The maximum Gasteiger partial charge on any atom is 0.0316 e. The smallest absolute Gasteiger partial charge is 0.0316 e. The molecule has 14 heavy (non-hydrogen) atoms. The van der Waals surface area contributed by atoms with E-state index in [2.05, 4.69) is 31.2 Å². The van der Waals surface area contributed by atoms with Crippen molar-refractivity contribution in [2.45, 2.75) is 42.4 Å². The van der Waals surface area contributed by atoms with Crippen molar-refractivity contribution < 1.29 is 0 Å². The zero-order valence-electron chi connectivity index (χ0n) is 8.57. The number of rotatable bonds is 2. The Bertz CT molecular complexity index is 311. The van der Waals surface area contributed by atoms with Gasteiger partial charge < -0.3 is 5.73 Å². The fourth-order valence-electron chi connectivity index (χ4n) is 2.03. The Balaban J connectivity index is 2.20. The quantitative estimate of drug-likeness (QED) is 0.805. The predicted molar refractivity (Wildman–Crippen MR) is 62.5 cm³/mol. The van der Waals surface area contributed by atoms with Crippen LogP contribution in [0.2, 0.25) is 0 Å². The molecule has 0 spiro atoms. The summed E-state index contributed by atoms with van der Waals surface area (Å²) in [5.41, 5.74) is 7.49. The highest BCUT2D eigenvalue weighted by molar-refractivity contribution is 8.00. The van der Waals surface area contributed by atoms with Crippen molar-refractivity contribution in [3.8, 4) is 0 Å². The van der Waals surface area contributed by atoms with E-state index in [0.717, 1.165) is 11.7 Å². The number of hydrogen-bond donors (Lipinski definition) is 1. The predicted octanol–water partition coefficient (Wildman–Crippen LogP) is 3.35. The molecular weight excluding hydrogens is 190 g/mol. The van der Waals surface area contributed by atoms with Crippen LogP contribution in [-0.2, 0) is 0 Å². The molecule has 0 fully saturated rings. The first kappa shape index (κ1) is 10.1. The Morgan fingerprint density at radius 1 is 1.43 bits per heavy atom. The lowest BCUT2D eigenvalue weighted by atomic mass is 10.0. The van der Waals surface area contributed by atoms with E-state index in [4.69, 9.17) is 5.73 Å². The molecule has 1 aromatic rings. The lowest BCUT2D eigenvalue weighted by molar-refractivity contribution is 0.575. The maximum absolute atomic E-state index is 6.15. The molecule has 2 heteroatoms. The molecule has 0 amide bonds. The van der Waals surface area contributed by atoms with Crippen LogP contribution < -0.4 is 5.73 Å². The molecule has 1 aromatic carbocycles. The Morgan fingerprint density at radius 3 is 3.00 bits per heavy atom. The molecule has 2 atom stereocenters. The number of fused-ring (bicyclic) bond motifs is 1. The van der Waals surface area contributed by atoms with Gasteiger partial charge in [-0.25, -0.2) is 0 Å². The fraction of sp³-hybridized carbons (Fsp3) is 0.500. The van der Waals surface area contributed by atoms with Crippen molar-refractivity contribution in [3.63, 3.8) is 0 Å². The summed E-state index contributed by atoms with van der Waals surface area (Å²) < 4.78 is 0. The minimum atomic E-state index is 0.254. The third-order valence-electron chi connectivity index (χ3n) is 2.74. The average Bonchev–Trinajstić information content (AvgIpc) is 2.18. The SMILES string of the molecule is CCCC1CC(N)c2ccccc2S1. The minimum absolute atomic E-state index is 0.254. The van der Waals surface area contributed by atoms with E-state index in [1.54, 1.807) is 0 Å². The van der Waals surface area contributed by atoms with Crippen molar-refractivity contribution in [2.75, 3.05) is 0 Å². The lowest BCUT2D eigenvalue weighted by Gasteiger charge is -2.28. The Hall–Kier alpha value is -0.470. The van der Waals surface area contributed by atoms with Gasteiger partial charge in [0.2, 0.25) is 0 Å². The van der Waals surface area contributed by atoms with Gasteiger partial charge in [-0.15, -0.1) is 11.8 Å². The largest absolute Gasteiger partial charge is 0.324 e. The average molecular weight is 207 g/mol. The highest BCUT2D eigenvalue weighted by Crippen LogP contribution is 2.40. The molecule has 0 radical (unpaired) electrons. The van der Waals surface area contributed by atoms with Crippen LogP contribution in [0.4, 0.5) is 0 Å². The molecule has 0 saturated heterocycles. The second-order valence-electron chi connectivity index (χ2n) is 3.91. The molecule has 0 bridgehead atoms. The highest BCUT2D eigenvalue weighted by atomic mass is 32.2. The molecule has 76 valence electrons. The summed E-state index contributed by atoms with van der Waals surface area (Å²) in [6.45, 7) is 2.24. The highest BCUT2D eigenvalue weighted by Gasteiger charge is 2.23. The van der Waals surface area contributed by atoms with Crippen LogP contribution >= 0.6 is 11.8 Å². The molecular formula is C12H17NS. The van der Waals surface area contributed by atoms with E-state index >= 15 is 0 Å². The molecule has 1 aliphatic rings. The summed E-state index contributed by atoms with van der Waals surface area (Å²) in [6, 6.07) is 8.80. The van der Waals surface area contributed by atoms with Gasteiger partial charge in [-0.3, -0.25) is 0 Å². The Labute approximate surface area is 90.1 Å². The zero-order chi connectivity index (χ0) is 9.97. The van der Waals surface area contributed by atoms with E-state index in [1.165, 1.54) is 23.3 Å². The van der Waals surface area contributed by atoms with Gasteiger partial charge in [-0.1, -0.05) is 31.5 Å². The van der Waals surface area contributed by atoms with Crippen LogP contribution in [0.3, 0.4) is 0 Å². The third kappa shape index (κ3) is 1.96. The standard InChI is InChI=1S/C12H17NS/c1-2-5-9-8-11(13)10-6-3-4-7-12(10)14-9/h3-4,6-7,9,11H,2,5,8,13H2,1H3. The third-order valence-corrected chi connectivity index (χ3v) is 4.13. The van der Waals surface area contributed by atoms with E-state index in [9.17, 15) is 0 Å². The first-order chi connectivity index (χ1) is 6.81. The van der Waals surface area contributed by atoms with Gasteiger partial charge in [0.25, 0.3) is 0 Å². The van der Waals surface area contributed by atoms with Crippen LogP contribution in [0.1, 0.15) is 37.8 Å². The first-order valence-corrected chi connectivity index (χ1v) is 6.20. The molecule has 0 aromatic heterocycles. The zero-order valence-corrected chi connectivity index (χ0v) is 9.39. The van der Waals surface area contributed by atoms with Gasteiger partial charge in [0, 0.05) is 16.2 Å². The van der Waals surface area contributed by atoms with Gasteiger partial charge in [-0.05, 0) is 24.5 Å². The van der Waals surface area contributed by atoms with Crippen molar-refractivity contribution in [3.05, 3.63) is 29.8 Å². The Morgan fingerprint density at radius 2 is 2.21 bits per heavy atom. The normalized spacial score (nSPS) is 25.9. The van der Waals surface area contributed by atoms with Crippen molar-refractivity contribution in [1.82, 2.24) is 0 Å². The topological polar surface area (TPSA) is 26.0 Å². The summed E-state index contributed by atoms with van der Waals surface area (Å²) in [4.78, 5) is 1.39. The second-order valence-corrected chi connectivity index (χ2v) is 5.25. The molecule has 1 heterocycles. The van der Waals surface area contributed by atoms with E-state index in [-0.39, 0.29) is 6.04 Å². The summed E-state index contributed by atoms with van der Waals surface area (Å²) >= 11 is 2.01. The molecule has 1 aliphatic heterocycles. The van der Waals surface area contributed by atoms with Crippen molar-refractivity contribution in [2.24, 2.45) is 5.73 Å². The summed E-state index contributed by atoms with van der Waals surface area (Å²) in [6.07, 6.45) is 3.68. The molecule has 2 N–H and O–H groups in total. The van der Waals surface area contributed by atoms with Crippen LogP contribution in [-0.4, -0.2) is 5.25 Å². The molecule has 0 saturated carbocycles. The minimum Gasteiger partial charge on any atom is -0.324 e. The van der Waals surface area contributed by atoms with Gasteiger partial charge in [0.15, 0.2) is 0 Å².